The van der Waals surface area contributed by atoms with E-state index in [2.05, 4.69) is 42.4 Å². The van der Waals surface area contributed by atoms with Gasteiger partial charge in [-0.05, 0) is 86.4 Å². The molecule has 0 radical (unpaired) electrons. The smallest absolute Gasteiger partial charge is 0.259 e. The van der Waals surface area contributed by atoms with Crippen LogP contribution in [0.1, 0.15) is 71.1 Å². The third-order valence-electron chi connectivity index (χ3n) is 7.62. The maximum absolute atomic E-state index is 14.0. The first-order valence-corrected chi connectivity index (χ1v) is 12.4. The lowest BCUT2D eigenvalue weighted by Crippen LogP contribution is -2.46. The average Bonchev–Trinajstić information content (AvgIpc) is 2.81. The van der Waals surface area contributed by atoms with Gasteiger partial charge in [-0.2, -0.15) is 0 Å². The second-order valence-electron chi connectivity index (χ2n) is 10.2. The summed E-state index contributed by atoms with van der Waals surface area (Å²) >= 11 is 0. The minimum atomic E-state index is -0.562. The topological polar surface area (TPSA) is 49.4 Å². The number of halogens is 1. The molecule has 1 unspecified atom stereocenters. The molecule has 186 valence electrons. The molecule has 4 nitrogen and oxygen atoms in total. The van der Waals surface area contributed by atoms with Crippen LogP contribution in [0.5, 0.6) is 0 Å². The van der Waals surface area contributed by atoms with Crippen LogP contribution in [0.25, 0.3) is 0 Å². The predicted octanol–water partition coefficient (Wildman–Crippen LogP) is 5.80. The van der Waals surface area contributed by atoms with Gasteiger partial charge in [0.1, 0.15) is 17.4 Å². The molecule has 0 aromatic heterocycles. The highest BCUT2D eigenvalue weighted by atomic mass is 19.1. The van der Waals surface area contributed by atoms with E-state index < -0.39 is 11.7 Å². The molecule has 4 rings (SSSR count). The summed E-state index contributed by atoms with van der Waals surface area (Å²) in [5.41, 5.74) is 5.06. The summed E-state index contributed by atoms with van der Waals surface area (Å²) in [7, 11) is 0. The molecule has 2 aromatic carbocycles. The molecule has 1 atom stereocenters. The Morgan fingerprint density at radius 3 is 2.36 bits per heavy atom. The SMILES string of the molecule is C=C1CC2(CCN(C(=C)NC(=O)c3ccccc3F)CC2)CC(=O)C1c1c(C)cc(C#CC)cc1C. The van der Waals surface area contributed by atoms with E-state index in [0.717, 1.165) is 47.1 Å². The van der Waals surface area contributed by atoms with Crippen molar-refractivity contribution in [2.24, 2.45) is 5.41 Å². The molecule has 5 heteroatoms. The second kappa shape index (κ2) is 10.1. The van der Waals surface area contributed by atoms with Gasteiger partial charge in [0.15, 0.2) is 0 Å². The fourth-order valence-electron chi connectivity index (χ4n) is 5.88. The number of hydrogen-bond donors (Lipinski definition) is 1. The summed E-state index contributed by atoms with van der Waals surface area (Å²) in [6.07, 6.45) is 2.94. The van der Waals surface area contributed by atoms with Crippen molar-refractivity contribution in [2.75, 3.05) is 13.1 Å². The van der Waals surface area contributed by atoms with Gasteiger partial charge in [0.2, 0.25) is 0 Å². The van der Waals surface area contributed by atoms with Crippen molar-refractivity contribution in [2.45, 2.75) is 52.4 Å². The summed E-state index contributed by atoms with van der Waals surface area (Å²) in [4.78, 5) is 28.0. The van der Waals surface area contributed by atoms with Crippen molar-refractivity contribution < 1.29 is 14.0 Å². The van der Waals surface area contributed by atoms with Crippen LogP contribution >= 0.6 is 0 Å². The van der Waals surface area contributed by atoms with Gasteiger partial charge in [0, 0.05) is 25.1 Å². The summed E-state index contributed by atoms with van der Waals surface area (Å²) in [5.74, 6) is 5.40. The molecule has 0 bridgehead atoms. The van der Waals surface area contributed by atoms with E-state index in [0.29, 0.717) is 25.3 Å². The highest BCUT2D eigenvalue weighted by Crippen LogP contribution is 2.50. The summed E-state index contributed by atoms with van der Waals surface area (Å²) in [6, 6.07) is 10.0. The monoisotopic (exact) mass is 484 g/mol. The van der Waals surface area contributed by atoms with Crippen molar-refractivity contribution in [1.29, 1.82) is 0 Å². The first-order valence-electron chi connectivity index (χ1n) is 12.4. The number of aryl methyl sites for hydroxylation is 2. The number of benzene rings is 2. The normalized spacial score (nSPS) is 19.0. The third-order valence-corrected chi connectivity index (χ3v) is 7.62. The number of carbonyl (C=O) groups excluding carboxylic acids is 2. The largest absolute Gasteiger partial charge is 0.359 e. The first-order chi connectivity index (χ1) is 17.1. The van der Waals surface area contributed by atoms with Crippen LogP contribution in [-0.4, -0.2) is 29.7 Å². The summed E-state index contributed by atoms with van der Waals surface area (Å²) in [5, 5.41) is 2.73. The van der Waals surface area contributed by atoms with Crippen LogP contribution in [-0.2, 0) is 4.79 Å². The van der Waals surface area contributed by atoms with Gasteiger partial charge in [-0.1, -0.05) is 36.8 Å². The number of carbonyl (C=O) groups is 2. The molecule has 1 saturated heterocycles. The number of nitrogens with one attached hydrogen (secondary N) is 1. The van der Waals surface area contributed by atoms with E-state index in [4.69, 9.17) is 0 Å². The van der Waals surface area contributed by atoms with E-state index in [-0.39, 0.29) is 22.7 Å². The number of ketones is 1. The molecule has 36 heavy (non-hydrogen) atoms. The van der Waals surface area contributed by atoms with Crippen molar-refractivity contribution in [1.82, 2.24) is 10.2 Å². The van der Waals surface area contributed by atoms with Crippen molar-refractivity contribution >= 4 is 11.7 Å². The van der Waals surface area contributed by atoms with Gasteiger partial charge in [-0.25, -0.2) is 4.39 Å². The van der Waals surface area contributed by atoms with Crippen LogP contribution in [0.4, 0.5) is 4.39 Å². The Morgan fingerprint density at radius 1 is 1.14 bits per heavy atom. The Hall–Kier alpha value is -3.65. The van der Waals surface area contributed by atoms with Crippen molar-refractivity contribution in [3.05, 3.63) is 94.6 Å². The lowest BCUT2D eigenvalue weighted by atomic mass is 9.61. The van der Waals surface area contributed by atoms with Gasteiger partial charge in [-0.3, -0.25) is 9.59 Å². The Morgan fingerprint density at radius 2 is 1.78 bits per heavy atom. The van der Waals surface area contributed by atoms with E-state index in [1.165, 1.54) is 12.1 Å². The molecule has 1 N–H and O–H groups in total. The summed E-state index contributed by atoms with van der Waals surface area (Å²) < 4.78 is 14.0. The van der Waals surface area contributed by atoms with E-state index in [9.17, 15) is 14.0 Å². The predicted molar refractivity (Wildman–Crippen MR) is 141 cm³/mol. The lowest BCUT2D eigenvalue weighted by Gasteiger charge is -2.47. The van der Waals surface area contributed by atoms with Crippen LogP contribution in [0.3, 0.4) is 0 Å². The maximum atomic E-state index is 14.0. The Labute approximate surface area is 213 Å². The molecule has 1 spiro atoms. The summed E-state index contributed by atoms with van der Waals surface area (Å²) in [6.45, 7) is 15.6. The number of likely N-dealkylation sites (tertiary alicyclic amines) is 1. The molecule has 1 saturated carbocycles. The first kappa shape index (κ1) is 25.4. The lowest BCUT2D eigenvalue weighted by molar-refractivity contribution is -0.124. The molecule has 1 aliphatic heterocycles. The Kier molecular flexibility index (Phi) is 7.17. The van der Waals surface area contributed by atoms with Gasteiger partial charge < -0.3 is 10.2 Å². The highest BCUT2D eigenvalue weighted by Gasteiger charge is 2.45. The number of Topliss-reactive ketones (excluding diaryl/α,β-unsaturated/α-hetero) is 1. The fourth-order valence-corrected chi connectivity index (χ4v) is 5.88. The minimum Gasteiger partial charge on any atom is -0.359 e. The molecule has 1 heterocycles. The van der Waals surface area contributed by atoms with E-state index >= 15 is 0 Å². The molecule has 1 amide bonds. The Bertz CT molecular complexity index is 1260. The van der Waals surface area contributed by atoms with Crippen LogP contribution in [0.2, 0.25) is 0 Å². The molecule has 1 aliphatic carbocycles. The zero-order valence-corrected chi connectivity index (χ0v) is 21.3. The average molecular weight is 485 g/mol. The highest BCUT2D eigenvalue weighted by molar-refractivity contribution is 5.95. The number of amides is 1. The third kappa shape index (κ3) is 4.99. The van der Waals surface area contributed by atoms with Crippen LogP contribution in [0, 0.1) is 36.9 Å². The number of rotatable bonds is 4. The molecular weight excluding hydrogens is 451 g/mol. The molecule has 2 aliphatic rings. The number of piperidine rings is 1. The minimum absolute atomic E-state index is 0.00675. The zero-order chi connectivity index (χ0) is 26.0. The van der Waals surface area contributed by atoms with Crippen molar-refractivity contribution in [3.63, 3.8) is 0 Å². The standard InChI is InChI=1S/C31H33FN2O2/c1-6-9-24-16-20(2)28(21(3)17-24)29-22(4)18-31(19-27(29)35)12-14-34(15-13-31)23(5)33-30(36)25-10-7-8-11-26(25)32/h7-8,10-11,16-17,29H,4-5,12-15,18-19H2,1-3H3,(H,33,36). The van der Waals surface area contributed by atoms with Crippen LogP contribution < -0.4 is 5.32 Å². The molecular formula is C31H33FN2O2. The zero-order valence-electron chi connectivity index (χ0n) is 21.3. The fraction of sp³-hybridized carbons (Fsp3) is 0.355. The number of nitrogens with zero attached hydrogens (tertiary/aromatic N) is 1. The van der Waals surface area contributed by atoms with Gasteiger partial charge in [0.05, 0.1) is 11.5 Å². The molecule has 2 aromatic rings. The van der Waals surface area contributed by atoms with E-state index in [1.807, 2.05) is 25.7 Å². The number of allylic oxidation sites excluding steroid dienone is 1. The maximum Gasteiger partial charge on any atom is 0.259 e. The van der Waals surface area contributed by atoms with Gasteiger partial charge in [-0.15, -0.1) is 5.92 Å². The van der Waals surface area contributed by atoms with E-state index in [1.54, 1.807) is 12.1 Å². The molecule has 2 fully saturated rings. The van der Waals surface area contributed by atoms with Gasteiger partial charge in [0.25, 0.3) is 5.91 Å². The van der Waals surface area contributed by atoms with Crippen molar-refractivity contribution in [3.8, 4) is 11.8 Å². The quantitative estimate of drug-likeness (QED) is 0.441. The van der Waals surface area contributed by atoms with Gasteiger partial charge >= 0.3 is 0 Å². The van der Waals surface area contributed by atoms with Crippen LogP contribution in [0.15, 0.2) is 61.0 Å². The second-order valence-corrected chi connectivity index (χ2v) is 10.2. The number of hydrogen-bond acceptors (Lipinski definition) is 3. The Balaban J connectivity index is 1.42.